The minimum atomic E-state index is -0.329. The third-order valence-electron chi connectivity index (χ3n) is 5.93. The Balaban J connectivity index is 1.49. The molecule has 0 saturated carbocycles. The van der Waals surface area contributed by atoms with Crippen LogP contribution in [0.5, 0.6) is 0 Å². The number of H-pyrrole nitrogens is 1. The van der Waals surface area contributed by atoms with Crippen molar-refractivity contribution in [3.8, 4) is 0 Å². The van der Waals surface area contributed by atoms with E-state index in [1.807, 2.05) is 23.1 Å². The third-order valence-corrected chi connectivity index (χ3v) is 5.93. The largest absolute Gasteiger partial charge is 0.350 e. The predicted octanol–water partition coefficient (Wildman–Crippen LogP) is 0.604. The van der Waals surface area contributed by atoms with E-state index in [9.17, 15) is 14.4 Å². The molecule has 0 aliphatic carbocycles. The summed E-state index contributed by atoms with van der Waals surface area (Å²) in [5.74, 6) is -0.517. The van der Waals surface area contributed by atoms with Crippen LogP contribution in [0, 0.1) is 11.8 Å². The lowest BCUT2D eigenvalue weighted by atomic mass is 9.91. The smallest absolute Gasteiger partial charge is 0.276 e. The summed E-state index contributed by atoms with van der Waals surface area (Å²) in [7, 11) is 0. The number of piperazine rings is 1. The molecule has 2 aromatic heterocycles. The molecule has 2 N–H and O–H groups in total. The van der Waals surface area contributed by atoms with Gasteiger partial charge >= 0.3 is 0 Å². The number of aromatic amines is 1. The van der Waals surface area contributed by atoms with Crippen LogP contribution in [-0.4, -0.2) is 73.1 Å². The fraction of sp³-hybridized carbons (Fsp3) is 0.524. The van der Waals surface area contributed by atoms with Crippen LogP contribution in [0.25, 0.3) is 0 Å². The van der Waals surface area contributed by atoms with Gasteiger partial charge in [-0.25, -0.2) is 0 Å². The van der Waals surface area contributed by atoms with Crippen LogP contribution in [0.2, 0.25) is 0 Å². The number of rotatable bonds is 6. The first-order valence-electron chi connectivity index (χ1n) is 10.6. The van der Waals surface area contributed by atoms with E-state index in [-0.39, 0.29) is 48.0 Å². The number of carbonyl (C=O) groups excluding carboxylic acids is 3. The van der Waals surface area contributed by atoms with Gasteiger partial charge in [-0.3, -0.25) is 19.4 Å². The first-order valence-corrected chi connectivity index (χ1v) is 10.6. The summed E-state index contributed by atoms with van der Waals surface area (Å²) >= 11 is 0. The molecule has 2 saturated heterocycles. The molecule has 31 heavy (non-hydrogen) atoms. The highest BCUT2D eigenvalue weighted by molar-refractivity contribution is 5.95. The lowest BCUT2D eigenvalue weighted by molar-refractivity contribution is -0.140. The van der Waals surface area contributed by atoms with Crippen LogP contribution in [0.15, 0.2) is 30.6 Å². The normalized spacial score (nSPS) is 23.2. The van der Waals surface area contributed by atoms with E-state index in [1.54, 1.807) is 6.20 Å². The number of fused-ring (bicyclic) bond motifs is 1. The molecule has 4 heterocycles. The molecule has 164 valence electrons. The van der Waals surface area contributed by atoms with E-state index in [0.717, 1.165) is 12.1 Å². The molecule has 2 fully saturated rings. The van der Waals surface area contributed by atoms with E-state index in [4.69, 9.17) is 0 Å². The van der Waals surface area contributed by atoms with Crippen molar-refractivity contribution < 1.29 is 14.4 Å². The van der Waals surface area contributed by atoms with Gasteiger partial charge in [0.05, 0.1) is 30.4 Å². The van der Waals surface area contributed by atoms with Gasteiger partial charge in [-0.05, 0) is 30.9 Å². The Labute approximate surface area is 180 Å². The van der Waals surface area contributed by atoms with Gasteiger partial charge in [0.2, 0.25) is 11.8 Å². The Kier molecular flexibility index (Phi) is 5.97. The molecule has 3 amide bonds. The Morgan fingerprint density at radius 1 is 1.32 bits per heavy atom. The van der Waals surface area contributed by atoms with Gasteiger partial charge in [0.25, 0.3) is 5.91 Å². The van der Waals surface area contributed by atoms with Crippen LogP contribution in [0.1, 0.15) is 42.9 Å². The van der Waals surface area contributed by atoms with E-state index in [2.05, 4.69) is 39.6 Å². The summed E-state index contributed by atoms with van der Waals surface area (Å²) in [6, 6.07) is 5.21. The number of hydrogen-bond donors (Lipinski definition) is 2. The molecule has 4 rings (SSSR count). The lowest BCUT2D eigenvalue weighted by Crippen LogP contribution is -2.58. The summed E-state index contributed by atoms with van der Waals surface area (Å²) in [5.41, 5.74) is 0.968. The average Bonchev–Trinajstić information content (AvgIpc) is 3.40. The Hall–Kier alpha value is -3.30. The molecule has 0 bridgehead atoms. The fourth-order valence-electron chi connectivity index (χ4n) is 4.62. The average molecular weight is 425 g/mol. The summed E-state index contributed by atoms with van der Waals surface area (Å²) in [4.78, 5) is 46.4. The molecule has 0 aromatic carbocycles. The number of aromatic nitrogens is 4. The van der Waals surface area contributed by atoms with Gasteiger partial charge in [-0.1, -0.05) is 19.9 Å². The predicted molar refractivity (Wildman–Crippen MR) is 110 cm³/mol. The number of nitrogens with one attached hydrogen (secondary N) is 2. The van der Waals surface area contributed by atoms with Gasteiger partial charge < -0.3 is 15.1 Å². The zero-order valence-corrected chi connectivity index (χ0v) is 17.7. The summed E-state index contributed by atoms with van der Waals surface area (Å²) in [6.45, 7) is 4.89. The molecular formula is C21H27N7O3. The van der Waals surface area contributed by atoms with E-state index < -0.39 is 0 Å². The molecular weight excluding hydrogens is 398 g/mol. The van der Waals surface area contributed by atoms with Crippen molar-refractivity contribution in [3.63, 3.8) is 0 Å². The van der Waals surface area contributed by atoms with Gasteiger partial charge in [0, 0.05) is 18.8 Å². The zero-order chi connectivity index (χ0) is 22.0. The summed E-state index contributed by atoms with van der Waals surface area (Å²) in [5, 5.41) is 12.9. The second-order valence-corrected chi connectivity index (χ2v) is 8.57. The van der Waals surface area contributed by atoms with Crippen molar-refractivity contribution in [3.05, 3.63) is 42.0 Å². The van der Waals surface area contributed by atoms with Crippen LogP contribution in [0.3, 0.4) is 0 Å². The van der Waals surface area contributed by atoms with Crippen molar-refractivity contribution in [1.29, 1.82) is 0 Å². The molecule has 2 aliphatic rings. The van der Waals surface area contributed by atoms with E-state index >= 15 is 0 Å². The molecule has 10 nitrogen and oxygen atoms in total. The molecule has 3 atom stereocenters. The first-order chi connectivity index (χ1) is 14.9. The van der Waals surface area contributed by atoms with E-state index in [1.165, 1.54) is 11.1 Å². The lowest BCUT2D eigenvalue weighted by Gasteiger charge is -2.40. The minimum absolute atomic E-state index is 0.0148. The first kappa shape index (κ1) is 21.0. The Bertz CT molecular complexity index is 932. The van der Waals surface area contributed by atoms with Crippen molar-refractivity contribution in [2.45, 2.75) is 45.3 Å². The van der Waals surface area contributed by atoms with Gasteiger partial charge in [0.15, 0.2) is 5.69 Å². The SMILES string of the molecule is CC(C)C[C@H]1[C@@H](C(=O)NCc2ccccn2)C[C@H]2CN(C(=O)c3cn[nH]n3)CC(=O)N21. The maximum absolute atomic E-state index is 13.1. The summed E-state index contributed by atoms with van der Waals surface area (Å²) < 4.78 is 0. The molecule has 2 aliphatic heterocycles. The Morgan fingerprint density at radius 2 is 2.16 bits per heavy atom. The topological polar surface area (TPSA) is 124 Å². The number of nitrogens with zero attached hydrogens (tertiary/aromatic N) is 5. The van der Waals surface area contributed by atoms with Gasteiger partial charge in [-0.15, -0.1) is 0 Å². The van der Waals surface area contributed by atoms with Crippen molar-refractivity contribution in [1.82, 2.24) is 35.5 Å². The second kappa shape index (κ2) is 8.83. The monoisotopic (exact) mass is 425 g/mol. The maximum Gasteiger partial charge on any atom is 0.276 e. The molecule has 0 unspecified atom stereocenters. The minimum Gasteiger partial charge on any atom is -0.350 e. The van der Waals surface area contributed by atoms with Crippen LogP contribution in [0.4, 0.5) is 0 Å². The highest BCUT2D eigenvalue weighted by Crippen LogP contribution is 2.36. The number of carbonyl (C=O) groups is 3. The van der Waals surface area contributed by atoms with Gasteiger partial charge in [0.1, 0.15) is 6.54 Å². The highest BCUT2D eigenvalue weighted by Gasteiger charge is 2.50. The molecule has 0 radical (unpaired) electrons. The fourth-order valence-corrected chi connectivity index (χ4v) is 4.62. The number of amides is 3. The second-order valence-electron chi connectivity index (χ2n) is 8.57. The third kappa shape index (κ3) is 4.42. The van der Waals surface area contributed by atoms with Crippen molar-refractivity contribution in [2.24, 2.45) is 11.8 Å². The maximum atomic E-state index is 13.1. The molecule has 0 spiro atoms. The molecule has 10 heteroatoms. The quantitative estimate of drug-likeness (QED) is 0.699. The van der Waals surface area contributed by atoms with Crippen LogP contribution in [-0.2, 0) is 16.1 Å². The number of hydrogen-bond acceptors (Lipinski definition) is 6. The van der Waals surface area contributed by atoms with Crippen molar-refractivity contribution in [2.75, 3.05) is 13.1 Å². The zero-order valence-electron chi connectivity index (χ0n) is 17.7. The van der Waals surface area contributed by atoms with E-state index in [0.29, 0.717) is 25.4 Å². The number of pyridine rings is 1. The van der Waals surface area contributed by atoms with Crippen molar-refractivity contribution >= 4 is 17.7 Å². The van der Waals surface area contributed by atoms with Crippen LogP contribution >= 0.6 is 0 Å². The standard InChI is InChI=1S/C21H27N7O3/c1-13(2)7-18-16(20(30)23-9-14-5-3-4-6-22-14)8-15-11-27(12-19(29)28(15)18)21(31)17-10-24-26-25-17/h3-6,10,13,15-16,18H,7-9,11-12H2,1-2H3,(H,23,30)(H,24,25,26)/t15-,16-,18-/m0/s1. The molecule has 2 aromatic rings. The van der Waals surface area contributed by atoms with Gasteiger partial charge in [-0.2, -0.15) is 15.4 Å². The Morgan fingerprint density at radius 3 is 2.84 bits per heavy atom. The van der Waals surface area contributed by atoms with Crippen LogP contribution < -0.4 is 5.32 Å². The summed E-state index contributed by atoms with van der Waals surface area (Å²) in [6.07, 6.45) is 4.31. The highest BCUT2D eigenvalue weighted by atomic mass is 16.2.